The van der Waals surface area contributed by atoms with Crippen molar-refractivity contribution < 1.29 is 23.5 Å². The molecule has 0 N–H and O–H groups in total. The van der Waals surface area contributed by atoms with Gasteiger partial charge in [-0.3, -0.25) is 0 Å². The van der Waals surface area contributed by atoms with Crippen molar-refractivity contribution in [2.75, 3.05) is 27.2 Å². The molecule has 0 saturated carbocycles. The molecule has 0 heterocycles. The standard InChI is InChI=1S/C24H32NO4/c1-24(2,3)29-22(26)18-25(4,5)21(19-12-8-6-9-13-19)16-17-28-23(27)20-14-10-7-11-15-20/h6-15,21H,16-18H2,1-5H3/q+1. The highest BCUT2D eigenvalue weighted by Gasteiger charge is 2.34. The maximum atomic E-state index is 12.5. The van der Waals surface area contributed by atoms with E-state index in [1.54, 1.807) is 12.1 Å². The number of carbonyl (C=O) groups is 2. The van der Waals surface area contributed by atoms with Crippen LogP contribution in [-0.4, -0.2) is 49.3 Å². The molecule has 0 aromatic heterocycles. The molecule has 5 nitrogen and oxygen atoms in total. The van der Waals surface area contributed by atoms with E-state index in [4.69, 9.17) is 9.47 Å². The predicted molar refractivity (Wildman–Crippen MR) is 113 cm³/mol. The Balaban J connectivity index is 2.08. The lowest BCUT2D eigenvalue weighted by atomic mass is 10.0. The molecule has 0 radical (unpaired) electrons. The number of hydrogen-bond acceptors (Lipinski definition) is 4. The van der Waals surface area contributed by atoms with Crippen LogP contribution >= 0.6 is 0 Å². The van der Waals surface area contributed by atoms with Gasteiger partial charge >= 0.3 is 11.9 Å². The van der Waals surface area contributed by atoms with Gasteiger partial charge in [0.05, 0.1) is 26.3 Å². The SMILES string of the molecule is CC(C)(C)OC(=O)C[N+](C)(C)C(CCOC(=O)c1ccccc1)c1ccccc1. The van der Waals surface area contributed by atoms with Gasteiger partial charge in [0.2, 0.25) is 0 Å². The summed E-state index contributed by atoms with van der Waals surface area (Å²) in [7, 11) is 4.00. The molecule has 2 aromatic rings. The monoisotopic (exact) mass is 398 g/mol. The van der Waals surface area contributed by atoms with Crippen molar-refractivity contribution in [3.05, 3.63) is 71.8 Å². The maximum Gasteiger partial charge on any atom is 0.362 e. The van der Waals surface area contributed by atoms with Gasteiger partial charge < -0.3 is 14.0 Å². The highest BCUT2D eigenvalue weighted by atomic mass is 16.6. The van der Waals surface area contributed by atoms with E-state index in [9.17, 15) is 9.59 Å². The average Bonchev–Trinajstić information content (AvgIpc) is 2.64. The molecule has 0 aliphatic rings. The Bertz CT molecular complexity index is 795. The van der Waals surface area contributed by atoms with E-state index < -0.39 is 5.60 Å². The van der Waals surface area contributed by atoms with Crippen LogP contribution in [0.15, 0.2) is 60.7 Å². The van der Waals surface area contributed by atoms with Crippen molar-refractivity contribution in [3.8, 4) is 0 Å². The van der Waals surface area contributed by atoms with Crippen molar-refractivity contribution in [2.24, 2.45) is 0 Å². The third-order valence-corrected chi connectivity index (χ3v) is 4.62. The number of quaternary nitrogens is 1. The predicted octanol–water partition coefficient (Wildman–Crippen LogP) is 4.39. The molecule has 2 rings (SSSR count). The number of hydrogen-bond donors (Lipinski definition) is 0. The van der Waals surface area contributed by atoms with Crippen molar-refractivity contribution in [2.45, 2.75) is 38.8 Å². The Morgan fingerprint density at radius 1 is 0.931 bits per heavy atom. The molecule has 0 fully saturated rings. The van der Waals surface area contributed by atoms with Gasteiger partial charge in [-0.15, -0.1) is 0 Å². The summed E-state index contributed by atoms with van der Waals surface area (Å²) in [5, 5.41) is 0. The number of likely N-dealkylation sites (N-methyl/N-ethyl adjacent to an activating group) is 1. The molecule has 1 atom stereocenters. The van der Waals surface area contributed by atoms with Crippen molar-refractivity contribution >= 4 is 11.9 Å². The Kier molecular flexibility index (Phi) is 7.57. The molecule has 156 valence electrons. The lowest BCUT2D eigenvalue weighted by Gasteiger charge is -2.38. The van der Waals surface area contributed by atoms with E-state index in [0.717, 1.165) is 5.56 Å². The maximum absolute atomic E-state index is 12.5. The summed E-state index contributed by atoms with van der Waals surface area (Å²) >= 11 is 0. The van der Waals surface area contributed by atoms with Gasteiger partial charge in [-0.1, -0.05) is 48.5 Å². The largest absolute Gasteiger partial charge is 0.462 e. The minimum atomic E-state index is -0.523. The zero-order valence-corrected chi connectivity index (χ0v) is 18.1. The number of nitrogens with zero attached hydrogens (tertiary/aromatic N) is 1. The average molecular weight is 399 g/mol. The van der Waals surface area contributed by atoms with Gasteiger partial charge in [0.15, 0.2) is 6.54 Å². The molecule has 0 bridgehead atoms. The van der Waals surface area contributed by atoms with E-state index in [2.05, 4.69) is 0 Å². The van der Waals surface area contributed by atoms with Crippen LogP contribution < -0.4 is 0 Å². The first-order valence-electron chi connectivity index (χ1n) is 9.90. The van der Waals surface area contributed by atoms with Gasteiger partial charge in [-0.05, 0) is 32.9 Å². The quantitative estimate of drug-likeness (QED) is 0.489. The van der Waals surface area contributed by atoms with Crippen LogP contribution in [0.5, 0.6) is 0 Å². The van der Waals surface area contributed by atoms with Crippen LogP contribution in [0.1, 0.15) is 49.2 Å². The number of benzene rings is 2. The summed E-state index contributed by atoms with van der Waals surface area (Å²) in [5.41, 5.74) is 1.10. The third-order valence-electron chi connectivity index (χ3n) is 4.62. The molecule has 2 aromatic carbocycles. The summed E-state index contributed by atoms with van der Waals surface area (Å²) < 4.78 is 11.4. The first-order chi connectivity index (χ1) is 13.6. The van der Waals surface area contributed by atoms with E-state index in [1.807, 2.05) is 83.4 Å². The lowest BCUT2D eigenvalue weighted by Crippen LogP contribution is -2.48. The zero-order valence-electron chi connectivity index (χ0n) is 18.1. The second-order valence-electron chi connectivity index (χ2n) is 8.74. The Labute approximate surface area is 173 Å². The highest BCUT2D eigenvalue weighted by molar-refractivity contribution is 5.89. The summed E-state index contributed by atoms with van der Waals surface area (Å²) in [4.78, 5) is 24.7. The molecular weight excluding hydrogens is 366 g/mol. The molecule has 29 heavy (non-hydrogen) atoms. The van der Waals surface area contributed by atoms with Crippen molar-refractivity contribution in [1.29, 1.82) is 0 Å². The normalized spacial score (nSPS) is 12.9. The van der Waals surface area contributed by atoms with Crippen molar-refractivity contribution in [3.63, 3.8) is 0 Å². The fourth-order valence-electron chi connectivity index (χ4n) is 3.33. The van der Waals surface area contributed by atoms with E-state index in [1.165, 1.54) is 0 Å². The summed E-state index contributed by atoms with van der Waals surface area (Å²) in [5.74, 6) is -0.584. The molecule has 0 spiro atoms. The molecule has 0 aliphatic heterocycles. The second kappa shape index (κ2) is 9.70. The smallest absolute Gasteiger partial charge is 0.362 e. The number of ether oxygens (including phenoxy) is 2. The van der Waals surface area contributed by atoms with Gasteiger partial charge in [-0.25, -0.2) is 9.59 Å². The second-order valence-corrected chi connectivity index (χ2v) is 8.74. The van der Waals surface area contributed by atoms with Gasteiger partial charge in [-0.2, -0.15) is 0 Å². The fraction of sp³-hybridized carbons (Fsp3) is 0.417. The Morgan fingerprint density at radius 3 is 2.03 bits per heavy atom. The summed E-state index contributed by atoms with van der Waals surface area (Å²) in [6.07, 6.45) is 0.596. The Morgan fingerprint density at radius 2 is 1.48 bits per heavy atom. The van der Waals surface area contributed by atoms with E-state index >= 15 is 0 Å². The highest BCUT2D eigenvalue weighted by Crippen LogP contribution is 2.29. The molecule has 5 heteroatoms. The minimum Gasteiger partial charge on any atom is -0.462 e. The summed E-state index contributed by atoms with van der Waals surface area (Å²) in [6.45, 7) is 6.08. The number of esters is 2. The zero-order chi connectivity index (χ0) is 21.5. The topological polar surface area (TPSA) is 52.6 Å². The van der Waals surface area contributed by atoms with Gasteiger partial charge in [0.25, 0.3) is 0 Å². The van der Waals surface area contributed by atoms with Crippen LogP contribution in [0.4, 0.5) is 0 Å². The molecule has 0 aliphatic carbocycles. The molecule has 1 unspecified atom stereocenters. The minimum absolute atomic E-state index is 0.0210. The van der Waals surface area contributed by atoms with Crippen LogP contribution in [0.2, 0.25) is 0 Å². The summed E-state index contributed by atoms with van der Waals surface area (Å²) in [6, 6.07) is 18.9. The first kappa shape index (κ1) is 22.6. The Hall–Kier alpha value is -2.66. The van der Waals surface area contributed by atoms with Crippen molar-refractivity contribution in [1.82, 2.24) is 0 Å². The van der Waals surface area contributed by atoms with Crippen LogP contribution in [0.25, 0.3) is 0 Å². The van der Waals surface area contributed by atoms with Crippen LogP contribution in [0, 0.1) is 0 Å². The van der Waals surface area contributed by atoms with E-state index in [-0.39, 0.29) is 31.1 Å². The van der Waals surface area contributed by atoms with E-state index in [0.29, 0.717) is 16.5 Å². The molecule has 0 amide bonds. The molecule has 0 saturated heterocycles. The fourth-order valence-corrected chi connectivity index (χ4v) is 3.33. The number of carbonyl (C=O) groups excluding carboxylic acids is 2. The van der Waals surface area contributed by atoms with Gasteiger partial charge in [0.1, 0.15) is 11.6 Å². The lowest BCUT2D eigenvalue weighted by molar-refractivity contribution is -0.914. The molecular formula is C24H32NO4+. The first-order valence-corrected chi connectivity index (χ1v) is 9.90. The number of rotatable bonds is 8. The third kappa shape index (κ3) is 7.35. The van der Waals surface area contributed by atoms with Gasteiger partial charge in [0, 0.05) is 12.0 Å². The van der Waals surface area contributed by atoms with Crippen LogP contribution in [0.3, 0.4) is 0 Å². The van der Waals surface area contributed by atoms with Crippen LogP contribution in [-0.2, 0) is 14.3 Å².